The van der Waals surface area contributed by atoms with Gasteiger partial charge < -0.3 is 5.32 Å². The van der Waals surface area contributed by atoms with Gasteiger partial charge >= 0.3 is 6.18 Å². The maximum atomic E-state index is 13.6. The van der Waals surface area contributed by atoms with E-state index in [1.165, 1.54) is 24.3 Å². The minimum atomic E-state index is -5.00. The van der Waals surface area contributed by atoms with Gasteiger partial charge in [-0.25, -0.2) is 22.2 Å². The average molecular weight is 492 g/mol. The van der Waals surface area contributed by atoms with Gasteiger partial charge in [-0.1, -0.05) is 22.9 Å². The van der Waals surface area contributed by atoms with Gasteiger partial charge in [-0.05, 0) is 42.5 Å². The van der Waals surface area contributed by atoms with Crippen molar-refractivity contribution in [2.75, 3.05) is 13.1 Å². The van der Waals surface area contributed by atoms with Crippen molar-refractivity contribution < 1.29 is 30.8 Å². The molecule has 8 nitrogen and oxygen atoms in total. The Morgan fingerprint density at radius 3 is 2.41 bits per heavy atom. The highest BCUT2D eigenvalue weighted by Gasteiger charge is 2.42. The molecule has 3 rings (SSSR count). The number of benzene rings is 2. The van der Waals surface area contributed by atoms with Gasteiger partial charge in [0.2, 0.25) is 10.0 Å². The molecule has 0 fully saturated rings. The molecule has 2 N–H and O–H groups in total. The van der Waals surface area contributed by atoms with Gasteiger partial charge in [0, 0.05) is 18.1 Å². The molecular weight excluding hydrogens is 478 g/mol. The van der Waals surface area contributed by atoms with E-state index in [4.69, 9.17) is 11.6 Å². The molecule has 32 heavy (non-hydrogen) atoms. The van der Waals surface area contributed by atoms with Crippen LogP contribution in [-0.2, 0) is 16.2 Å². The summed E-state index contributed by atoms with van der Waals surface area (Å²) in [7, 11) is -3.94. The minimum Gasteiger partial charge on any atom is -0.349 e. The van der Waals surface area contributed by atoms with Crippen LogP contribution in [0, 0.1) is 5.82 Å². The van der Waals surface area contributed by atoms with Crippen molar-refractivity contribution in [3.05, 3.63) is 70.8 Å². The van der Waals surface area contributed by atoms with Crippen molar-refractivity contribution in [1.82, 2.24) is 25.0 Å². The molecule has 1 heterocycles. The molecule has 2 aromatic carbocycles. The second kappa shape index (κ2) is 9.22. The number of amides is 1. The standard InChI is InChI=1S/C18H14ClF4N5O3S/c19-11-2-1-3-14(10-11)32(30,31)25-9-8-24-17(29)15-16(18(21,22)23)28(27-26-15)13-6-4-12(20)5-7-13/h1-7,10,25H,8-9H2,(H,24,29). The number of carbonyl (C=O) groups excluding carboxylic acids is 1. The maximum absolute atomic E-state index is 13.6. The van der Waals surface area contributed by atoms with Gasteiger partial charge in [0.15, 0.2) is 11.4 Å². The molecule has 0 bridgehead atoms. The van der Waals surface area contributed by atoms with E-state index in [0.29, 0.717) is 4.68 Å². The second-order valence-corrected chi connectivity index (χ2v) is 8.49. The molecule has 0 atom stereocenters. The number of nitrogens with zero attached hydrogens (tertiary/aromatic N) is 3. The Hall–Kier alpha value is -3.03. The Bertz CT molecular complexity index is 1230. The Morgan fingerprint density at radius 1 is 1.09 bits per heavy atom. The highest BCUT2D eigenvalue weighted by atomic mass is 35.5. The molecule has 0 spiro atoms. The molecule has 3 aromatic rings. The minimum absolute atomic E-state index is 0.113. The summed E-state index contributed by atoms with van der Waals surface area (Å²) in [4.78, 5) is 12.2. The largest absolute Gasteiger partial charge is 0.435 e. The lowest BCUT2D eigenvalue weighted by molar-refractivity contribution is -0.143. The lowest BCUT2D eigenvalue weighted by Crippen LogP contribution is -2.35. The predicted octanol–water partition coefficient (Wildman–Crippen LogP) is 2.79. The third-order valence-electron chi connectivity index (χ3n) is 4.03. The number of hydrogen-bond acceptors (Lipinski definition) is 5. The SMILES string of the molecule is O=C(NCCNS(=O)(=O)c1cccc(Cl)c1)c1nnn(-c2ccc(F)cc2)c1C(F)(F)F. The van der Waals surface area contributed by atoms with E-state index in [0.717, 1.165) is 24.3 Å². The van der Waals surface area contributed by atoms with E-state index >= 15 is 0 Å². The third kappa shape index (κ3) is 5.41. The van der Waals surface area contributed by atoms with Crippen LogP contribution in [0.5, 0.6) is 0 Å². The first kappa shape index (κ1) is 23.6. The molecule has 0 saturated carbocycles. The van der Waals surface area contributed by atoms with Gasteiger partial charge in [-0.15, -0.1) is 5.10 Å². The van der Waals surface area contributed by atoms with Crippen molar-refractivity contribution >= 4 is 27.5 Å². The van der Waals surface area contributed by atoms with Crippen LogP contribution in [0.4, 0.5) is 17.6 Å². The maximum Gasteiger partial charge on any atom is 0.435 e. The van der Waals surface area contributed by atoms with E-state index in [2.05, 4.69) is 20.4 Å². The highest BCUT2D eigenvalue weighted by Crippen LogP contribution is 2.32. The summed E-state index contributed by atoms with van der Waals surface area (Å²) in [5.74, 6) is -1.88. The van der Waals surface area contributed by atoms with E-state index in [9.17, 15) is 30.8 Å². The summed E-state index contributed by atoms with van der Waals surface area (Å²) < 4.78 is 80.7. The molecule has 170 valence electrons. The zero-order chi connectivity index (χ0) is 23.5. The highest BCUT2D eigenvalue weighted by molar-refractivity contribution is 7.89. The number of alkyl halides is 3. The van der Waals surface area contributed by atoms with Crippen molar-refractivity contribution in [1.29, 1.82) is 0 Å². The Labute approximate surface area is 184 Å². The van der Waals surface area contributed by atoms with Crippen LogP contribution in [0.25, 0.3) is 5.69 Å². The molecule has 0 unspecified atom stereocenters. The molecule has 0 aliphatic heterocycles. The average Bonchev–Trinajstić information content (AvgIpc) is 3.17. The van der Waals surface area contributed by atoms with Crippen molar-refractivity contribution in [3.63, 3.8) is 0 Å². The predicted molar refractivity (Wildman–Crippen MR) is 105 cm³/mol. The smallest absolute Gasteiger partial charge is 0.349 e. The lowest BCUT2D eigenvalue weighted by Gasteiger charge is -2.11. The number of halogens is 5. The second-order valence-electron chi connectivity index (χ2n) is 6.28. The quantitative estimate of drug-likeness (QED) is 0.390. The fraction of sp³-hybridized carbons (Fsp3) is 0.167. The summed E-state index contributed by atoms with van der Waals surface area (Å²) in [5.41, 5.74) is -2.62. The van der Waals surface area contributed by atoms with E-state index < -0.39 is 39.3 Å². The molecule has 0 radical (unpaired) electrons. The lowest BCUT2D eigenvalue weighted by atomic mass is 10.2. The summed E-state index contributed by atoms with van der Waals surface area (Å²) in [6.45, 7) is -0.645. The first-order chi connectivity index (χ1) is 15.0. The van der Waals surface area contributed by atoms with Gasteiger partial charge in [-0.2, -0.15) is 13.2 Å². The summed E-state index contributed by atoms with van der Waals surface area (Å²) in [5, 5.41) is 9.01. The summed E-state index contributed by atoms with van der Waals surface area (Å²) >= 11 is 5.75. The van der Waals surface area contributed by atoms with E-state index in [1.807, 2.05) is 0 Å². The summed E-state index contributed by atoms with van der Waals surface area (Å²) in [6, 6.07) is 9.39. The van der Waals surface area contributed by atoms with Gasteiger partial charge in [0.1, 0.15) is 5.82 Å². The van der Waals surface area contributed by atoms with Crippen LogP contribution >= 0.6 is 11.6 Å². The van der Waals surface area contributed by atoms with Crippen molar-refractivity contribution in [2.45, 2.75) is 11.1 Å². The first-order valence-electron chi connectivity index (χ1n) is 8.81. The zero-order valence-corrected chi connectivity index (χ0v) is 17.5. The molecule has 0 saturated heterocycles. The van der Waals surface area contributed by atoms with Crippen LogP contribution in [0.2, 0.25) is 5.02 Å². The number of nitrogens with one attached hydrogen (secondary N) is 2. The molecule has 1 amide bonds. The van der Waals surface area contributed by atoms with Crippen LogP contribution < -0.4 is 10.0 Å². The van der Waals surface area contributed by atoms with Crippen molar-refractivity contribution in [2.24, 2.45) is 0 Å². The number of carbonyl (C=O) groups is 1. The fourth-order valence-electron chi connectivity index (χ4n) is 2.61. The normalized spacial score (nSPS) is 12.0. The zero-order valence-electron chi connectivity index (χ0n) is 15.9. The third-order valence-corrected chi connectivity index (χ3v) is 5.73. The van der Waals surface area contributed by atoms with Crippen LogP contribution in [0.15, 0.2) is 53.4 Å². The number of rotatable bonds is 7. The van der Waals surface area contributed by atoms with Gasteiger partial charge in [0.25, 0.3) is 5.91 Å². The van der Waals surface area contributed by atoms with Crippen LogP contribution in [0.3, 0.4) is 0 Å². The molecule has 14 heteroatoms. The van der Waals surface area contributed by atoms with E-state index in [-0.39, 0.29) is 28.7 Å². The number of hydrogen-bond donors (Lipinski definition) is 2. The fourth-order valence-corrected chi connectivity index (χ4v) is 3.95. The number of aromatic nitrogens is 3. The van der Waals surface area contributed by atoms with Crippen LogP contribution in [-0.4, -0.2) is 42.4 Å². The van der Waals surface area contributed by atoms with Crippen LogP contribution in [0.1, 0.15) is 16.2 Å². The topological polar surface area (TPSA) is 106 Å². The Kier molecular flexibility index (Phi) is 6.81. The van der Waals surface area contributed by atoms with Crippen molar-refractivity contribution in [3.8, 4) is 5.69 Å². The molecular formula is C18H14ClF4N5O3S. The Morgan fingerprint density at radius 2 is 1.78 bits per heavy atom. The molecule has 1 aromatic heterocycles. The van der Waals surface area contributed by atoms with Gasteiger partial charge in [-0.3, -0.25) is 4.79 Å². The number of sulfonamides is 1. The molecule has 0 aliphatic carbocycles. The Balaban J connectivity index is 1.71. The van der Waals surface area contributed by atoms with Gasteiger partial charge in [0.05, 0.1) is 10.6 Å². The summed E-state index contributed by atoms with van der Waals surface area (Å²) in [6.07, 6.45) is -5.00. The monoisotopic (exact) mass is 491 g/mol. The molecule has 0 aliphatic rings. The first-order valence-corrected chi connectivity index (χ1v) is 10.7. The van der Waals surface area contributed by atoms with E-state index in [1.54, 1.807) is 0 Å².